The van der Waals surface area contributed by atoms with Gasteiger partial charge in [0.25, 0.3) is 5.91 Å². The molecular weight excluding hydrogens is 358 g/mol. The maximum absolute atomic E-state index is 12.3. The van der Waals surface area contributed by atoms with Crippen LogP contribution in [0.5, 0.6) is 0 Å². The number of hydrogen-bond donors (Lipinski definition) is 2. The highest BCUT2D eigenvalue weighted by Crippen LogP contribution is 2.20. The Labute approximate surface area is 160 Å². The lowest BCUT2D eigenvalue weighted by atomic mass is 10.2. The Morgan fingerprint density at radius 1 is 0.964 bits per heavy atom. The monoisotopic (exact) mass is 373 g/mol. The van der Waals surface area contributed by atoms with Crippen molar-refractivity contribution in [2.75, 3.05) is 17.7 Å². The minimum atomic E-state index is -0.489. The molecule has 2 aromatic carbocycles. The highest BCUT2D eigenvalue weighted by molar-refractivity contribution is 6.03. The number of esters is 1. The molecule has 0 atom stereocenters. The van der Waals surface area contributed by atoms with E-state index in [0.29, 0.717) is 28.3 Å². The van der Waals surface area contributed by atoms with Gasteiger partial charge in [-0.1, -0.05) is 24.3 Å². The summed E-state index contributed by atoms with van der Waals surface area (Å²) in [6.07, 6.45) is 0. The fourth-order valence-electron chi connectivity index (χ4n) is 2.41. The largest absolute Gasteiger partial charge is 0.465 e. The molecule has 138 valence electrons. The average Bonchev–Trinajstić information content (AvgIpc) is 2.74. The van der Waals surface area contributed by atoms with Crippen LogP contribution in [-0.4, -0.2) is 29.2 Å². The molecule has 1 amide bonds. The number of rotatable bonds is 5. The second-order valence-electron chi connectivity index (χ2n) is 5.58. The Balaban J connectivity index is 1.75. The van der Waals surface area contributed by atoms with E-state index in [1.807, 2.05) is 6.07 Å². The van der Waals surface area contributed by atoms with Gasteiger partial charge in [0.1, 0.15) is 6.07 Å². The van der Waals surface area contributed by atoms with E-state index < -0.39 is 11.9 Å². The van der Waals surface area contributed by atoms with E-state index in [-0.39, 0.29) is 5.69 Å². The van der Waals surface area contributed by atoms with Gasteiger partial charge in [-0.2, -0.15) is 5.26 Å². The number of ether oxygens (including phenoxy) is 1. The van der Waals surface area contributed by atoms with Gasteiger partial charge in [0.2, 0.25) is 0 Å². The molecule has 8 nitrogen and oxygen atoms in total. The van der Waals surface area contributed by atoms with Crippen molar-refractivity contribution in [1.82, 2.24) is 10.2 Å². The summed E-state index contributed by atoms with van der Waals surface area (Å²) >= 11 is 0. The first-order chi connectivity index (χ1) is 13.6. The summed E-state index contributed by atoms with van der Waals surface area (Å²) in [5, 5.41) is 22.6. The summed E-state index contributed by atoms with van der Waals surface area (Å²) in [6.45, 7) is 0. The van der Waals surface area contributed by atoms with Gasteiger partial charge in [-0.15, -0.1) is 10.2 Å². The van der Waals surface area contributed by atoms with Gasteiger partial charge in [-0.05, 0) is 36.4 Å². The molecule has 0 aliphatic rings. The number of methoxy groups -OCH3 is 1. The minimum Gasteiger partial charge on any atom is -0.465 e. The summed E-state index contributed by atoms with van der Waals surface area (Å²) in [5.41, 5.74) is 1.68. The van der Waals surface area contributed by atoms with Gasteiger partial charge < -0.3 is 15.4 Å². The zero-order chi connectivity index (χ0) is 19.9. The fraction of sp³-hybridized carbons (Fsp3) is 0.0500. The Bertz CT molecular complexity index is 1060. The van der Waals surface area contributed by atoms with Crippen molar-refractivity contribution < 1.29 is 14.3 Å². The van der Waals surface area contributed by atoms with Crippen molar-refractivity contribution in [2.45, 2.75) is 0 Å². The highest BCUT2D eigenvalue weighted by Gasteiger charge is 2.13. The van der Waals surface area contributed by atoms with Gasteiger partial charge in [0.15, 0.2) is 11.5 Å². The number of hydrogen-bond acceptors (Lipinski definition) is 7. The zero-order valence-electron chi connectivity index (χ0n) is 14.8. The molecule has 1 aromatic heterocycles. The molecule has 0 saturated heterocycles. The van der Waals surface area contributed by atoms with E-state index in [4.69, 9.17) is 10.00 Å². The van der Waals surface area contributed by atoms with Crippen LogP contribution in [0.25, 0.3) is 0 Å². The van der Waals surface area contributed by atoms with Crippen LogP contribution in [0.2, 0.25) is 0 Å². The summed E-state index contributed by atoms with van der Waals surface area (Å²) in [4.78, 5) is 24.1. The Hall–Kier alpha value is -4.25. The average molecular weight is 373 g/mol. The maximum atomic E-state index is 12.3. The molecule has 0 aliphatic heterocycles. The fourth-order valence-corrected chi connectivity index (χ4v) is 2.41. The number of anilines is 3. The molecule has 1 heterocycles. The van der Waals surface area contributed by atoms with E-state index in [2.05, 4.69) is 20.8 Å². The minimum absolute atomic E-state index is 0.0829. The highest BCUT2D eigenvalue weighted by atomic mass is 16.5. The molecule has 28 heavy (non-hydrogen) atoms. The number of nitrogens with zero attached hydrogens (tertiary/aromatic N) is 3. The molecular formula is C20H15N5O3. The molecule has 2 N–H and O–H groups in total. The van der Waals surface area contributed by atoms with Gasteiger partial charge in [0.05, 0.1) is 29.6 Å². The van der Waals surface area contributed by atoms with Crippen LogP contribution in [0.4, 0.5) is 17.2 Å². The second kappa shape index (κ2) is 8.42. The summed E-state index contributed by atoms with van der Waals surface area (Å²) in [6, 6.07) is 18.5. The zero-order valence-corrected chi connectivity index (χ0v) is 14.8. The smallest absolute Gasteiger partial charge is 0.339 e. The Morgan fingerprint density at radius 2 is 1.68 bits per heavy atom. The van der Waals surface area contributed by atoms with Crippen LogP contribution in [-0.2, 0) is 4.74 Å². The molecule has 0 spiro atoms. The van der Waals surface area contributed by atoms with Gasteiger partial charge >= 0.3 is 5.97 Å². The SMILES string of the molecule is COC(=O)c1ccccc1Nc1ccc(C(=O)Nc2ccccc2C#N)nn1. The van der Waals surface area contributed by atoms with Crippen molar-refractivity contribution in [3.8, 4) is 6.07 Å². The lowest BCUT2D eigenvalue weighted by Crippen LogP contribution is -2.15. The summed E-state index contributed by atoms with van der Waals surface area (Å²) in [7, 11) is 1.30. The molecule has 0 saturated carbocycles. The predicted molar refractivity (Wildman–Crippen MR) is 102 cm³/mol. The van der Waals surface area contributed by atoms with Crippen LogP contribution in [0.3, 0.4) is 0 Å². The van der Waals surface area contributed by atoms with Crippen LogP contribution < -0.4 is 10.6 Å². The first kappa shape index (κ1) is 18.5. The summed E-state index contributed by atoms with van der Waals surface area (Å²) < 4.78 is 4.75. The van der Waals surface area contributed by atoms with Crippen molar-refractivity contribution in [3.05, 3.63) is 77.5 Å². The summed E-state index contributed by atoms with van der Waals surface area (Å²) in [5.74, 6) is -0.620. The van der Waals surface area contributed by atoms with E-state index >= 15 is 0 Å². The predicted octanol–water partition coefficient (Wildman–Crippen LogP) is 3.13. The van der Waals surface area contributed by atoms with Crippen LogP contribution in [0.15, 0.2) is 60.7 Å². The lowest BCUT2D eigenvalue weighted by Gasteiger charge is -2.10. The van der Waals surface area contributed by atoms with Crippen molar-refractivity contribution in [3.63, 3.8) is 0 Å². The van der Waals surface area contributed by atoms with Gasteiger partial charge in [-0.25, -0.2) is 4.79 Å². The molecule has 8 heteroatoms. The third-order valence-corrected chi connectivity index (χ3v) is 3.79. The van der Waals surface area contributed by atoms with E-state index in [9.17, 15) is 9.59 Å². The van der Waals surface area contributed by atoms with Crippen LogP contribution >= 0.6 is 0 Å². The van der Waals surface area contributed by atoms with E-state index in [0.717, 1.165) is 0 Å². The first-order valence-electron chi connectivity index (χ1n) is 8.21. The molecule has 0 fully saturated rings. The number of nitrogens with one attached hydrogen (secondary N) is 2. The topological polar surface area (TPSA) is 117 Å². The standard InChI is InChI=1S/C20H15N5O3/c1-28-20(27)14-7-3-5-9-16(14)22-18-11-10-17(24-25-18)19(26)23-15-8-4-2-6-13(15)12-21/h2-11H,1H3,(H,22,25)(H,23,26). The molecule has 3 rings (SSSR count). The lowest BCUT2D eigenvalue weighted by molar-refractivity contribution is 0.0601. The number of para-hydroxylation sites is 2. The molecule has 0 unspecified atom stereocenters. The quantitative estimate of drug-likeness (QED) is 0.660. The van der Waals surface area contributed by atoms with E-state index in [1.165, 1.54) is 13.2 Å². The second-order valence-corrected chi connectivity index (χ2v) is 5.58. The van der Waals surface area contributed by atoms with Crippen molar-refractivity contribution >= 4 is 29.1 Å². The Kier molecular flexibility index (Phi) is 5.58. The molecule has 0 bridgehead atoms. The van der Waals surface area contributed by atoms with Crippen molar-refractivity contribution in [2.24, 2.45) is 0 Å². The van der Waals surface area contributed by atoms with Crippen LogP contribution in [0, 0.1) is 11.3 Å². The normalized spacial score (nSPS) is 9.86. The number of benzene rings is 2. The number of nitriles is 1. The number of carbonyl (C=O) groups is 2. The molecule has 0 radical (unpaired) electrons. The first-order valence-corrected chi connectivity index (χ1v) is 8.21. The van der Waals surface area contributed by atoms with Crippen LogP contribution in [0.1, 0.15) is 26.4 Å². The number of amides is 1. The third-order valence-electron chi connectivity index (χ3n) is 3.79. The van der Waals surface area contributed by atoms with Crippen molar-refractivity contribution in [1.29, 1.82) is 5.26 Å². The number of carbonyl (C=O) groups excluding carboxylic acids is 2. The number of aromatic nitrogens is 2. The molecule has 0 aliphatic carbocycles. The Morgan fingerprint density at radius 3 is 2.36 bits per heavy atom. The van der Waals surface area contributed by atoms with E-state index in [1.54, 1.807) is 54.6 Å². The molecule has 3 aromatic rings. The maximum Gasteiger partial charge on any atom is 0.339 e. The van der Waals surface area contributed by atoms with Gasteiger partial charge in [0, 0.05) is 0 Å². The van der Waals surface area contributed by atoms with Gasteiger partial charge in [-0.3, -0.25) is 4.79 Å². The third kappa shape index (κ3) is 4.11.